The van der Waals surface area contributed by atoms with Crippen LogP contribution in [0.25, 0.3) is 0 Å². The zero-order chi connectivity index (χ0) is 14.3. The summed E-state index contributed by atoms with van der Waals surface area (Å²) in [7, 11) is 2.10. The van der Waals surface area contributed by atoms with Gasteiger partial charge in [-0.15, -0.1) is 0 Å². The summed E-state index contributed by atoms with van der Waals surface area (Å²) in [5.74, 6) is -0.202. The van der Waals surface area contributed by atoms with Crippen molar-refractivity contribution in [2.45, 2.75) is 32.2 Å². The van der Waals surface area contributed by atoms with Crippen molar-refractivity contribution >= 4 is 11.8 Å². The number of carboxylic acids is 1. The van der Waals surface area contributed by atoms with E-state index in [0.717, 1.165) is 50.2 Å². The number of anilines is 1. The molecule has 0 spiro atoms. The molecule has 1 aliphatic heterocycles. The highest BCUT2D eigenvalue weighted by atomic mass is 16.4. The molecule has 5 nitrogen and oxygen atoms in total. The standard InChI is InChI=1S/C15H21N3O2/c1-10-9-17(2)6-7-18(10)14-12(15(19)20)8-11-4-3-5-13(11)16-14/h8,10H,3-7,9H2,1-2H3,(H,19,20). The highest BCUT2D eigenvalue weighted by Gasteiger charge is 2.28. The average Bonchev–Trinajstić information content (AvgIpc) is 2.84. The Morgan fingerprint density at radius 3 is 2.90 bits per heavy atom. The molecule has 1 aliphatic carbocycles. The molecule has 0 radical (unpaired) electrons. The Morgan fingerprint density at radius 1 is 1.40 bits per heavy atom. The van der Waals surface area contributed by atoms with Crippen LogP contribution in [0.1, 0.15) is 35.0 Å². The second-order valence-electron chi connectivity index (χ2n) is 5.93. The Bertz CT molecular complexity index is 544. The Labute approximate surface area is 119 Å². The van der Waals surface area contributed by atoms with Crippen molar-refractivity contribution in [1.29, 1.82) is 0 Å². The summed E-state index contributed by atoms with van der Waals surface area (Å²) in [5, 5.41) is 9.49. The van der Waals surface area contributed by atoms with Gasteiger partial charge >= 0.3 is 5.97 Å². The minimum absolute atomic E-state index is 0.291. The van der Waals surface area contributed by atoms with Crippen molar-refractivity contribution in [3.8, 4) is 0 Å². The molecule has 1 N–H and O–H groups in total. The Morgan fingerprint density at radius 2 is 2.20 bits per heavy atom. The third-order valence-electron chi connectivity index (χ3n) is 4.36. The number of aryl methyl sites for hydroxylation is 2. The monoisotopic (exact) mass is 275 g/mol. The molecule has 0 bridgehead atoms. The number of carboxylic acid groups (broad SMARTS) is 1. The van der Waals surface area contributed by atoms with Gasteiger partial charge in [-0.05, 0) is 44.9 Å². The molecule has 1 atom stereocenters. The molecule has 5 heteroatoms. The Kier molecular flexibility index (Phi) is 3.38. The van der Waals surface area contributed by atoms with Gasteiger partial charge < -0.3 is 14.9 Å². The summed E-state index contributed by atoms with van der Waals surface area (Å²) >= 11 is 0. The van der Waals surface area contributed by atoms with Gasteiger partial charge in [0.25, 0.3) is 0 Å². The van der Waals surface area contributed by atoms with Crippen molar-refractivity contribution in [2.24, 2.45) is 0 Å². The number of rotatable bonds is 2. The fourth-order valence-electron chi connectivity index (χ4n) is 3.29. The van der Waals surface area contributed by atoms with Crippen LogP contribution in [0, 0.1) is 0 Å². The SMILES string of the molecule is CC1CN(C)CCN1c1nc2c(cc1C(=O)O)CCC2. The van der Waals surface area contributed by atoms with E-state index in [2.05, 4.69) is 23.8 Å². The van der Waals surface area contributed by atoms with Crippen LogP contribution < -0.4 is 4.90 Å². The van der Waals surface area contributed by atoms with Gasteiger partial charge in [0.15, 0.2) is 0 Å². The third kappa shape index (κ3) is 2.26. The molecule has 1 saturated heterocycles. The molecular weight excluding hydrogens is 254 g/mol. The lowest BCUT2D eigenvalue weighted by Gasteiger charge is -2.39. The fourth-order valence-corrected chi connectivity index (χ4v) is 3.29. The number of fused-ring (bicyclic) bond motifs is 1. The Balaban J connectivity index is 2.01. The maximum atomic E-state index is 11.6. The molecule has 0 saturated carbocycles. The third-order valence-corrected chi connectivity index (χ3v) is 4.36. The number of carbonyl (C=O) groups is 1. The number of aromatic nitrogens is 1. The van der Waals surface area contributed by atoms with Crippen LogP contribution in [-0.2, 0) is 12.8 Å². The van der Waals surface area contributed by atoms with Gasteiger partial charge in [0.1, 0.15) is 11.4 Å². The number of hydrogen-bond acceptors (Lipinski definition) is 4. The lowest BCUT2D eigenvalue weighted by molar-refractivity contribution is 0.0696. The van der Waals surface area contributed by atoms with Crippen LogP contribution in [0.5, 0.6) is 0 Å². The Hall–Kier alpha value is -1.62. The molecule has 0 amide bonds. The average molecular weight is 275 g/mol. The van der Waals surface area contributed by atoms with E-state index in [1.54, 1.807) is 0 Å². The topological polar surface area (TPSA) is 56.7 Å². The molecular formula is C15H21N3O2. The highest BCUT2D eigenvalue weighted by molar-refractivity contribution is 5.93. The van der Waals surface area contributed by atoms with E-state index < -0.39 is 5.97 Å². The predicted octanol–water partition coefficient (Wildman–Crippen LogP) is 1.41. The van der Waals surface area contributed by atoms with Crippen molar-refractivity contribution < 1.29 is 9.90 Å². The van der Waals surface area contributed by atoms with Crippen LogP contribution in [0.4, 0.5) is 5.82 Å². The van der Waals surface area contributed by atoms with Crippen LogP contribution in [0.3, 0.4) is 0 Å². The summed E-state index contributed by atoms with van der Waals surface area (Å²) < 4.78 is 0. The largest absolute Gasteiger partial charge is 0.478 e. The van der Waals surface area contributed by atoms with E-state index in [9.17, 15) is 9.90 Å². The quantitative estimate of drug-likeness (QED) is 0.884. The van der Waals surface area contributed by atoms with E-state index in [1.807, 2.05) is 6.07 Å². The fraction of sp³-hybridized carbons (Fsp3) is 0.600. The zero-order valence-electron chi connectivity index (χ0n) is 12.1. The summed E-state index contributed by atoms with van der Waals surface area (Å²) in [6.07, 6.45) is 3.02. The number of aromatic carboxylic acids is 1. The first kappa shape index (κ1) is 13.4. The second-order valence-corrected chi connectivity index (χ2v) is 5.93. The van der Waals surface area contributed by atoms with Gasteiger partial charge in [-0.3, -0.25) is 0 Å². The van der Waals surface area contributed by atoms with Gasteiger partial charge in [0.2, 0.25) is 0 Å². The number of likely N-dealkylation sites (N-methyl/N-ethyl adjacent to an activating group) is 1. The molecule has 2 heterocycles. The highest BCUT2D eigenvalue weighted by Crippen LogP contribution is 2.29. The summed E-state index contributed by atoms with van der Waals surface area (Å²) in [4.78, 5) is 20.7. The van der Waals surface area contributed by atoms with Crippen molar-refractivity contribution in [3.05, 3.63) is 22.9 Å². The molecule has 1 fully saturated rings. The van der Waals surface area contributed by atoms with Gasteiger partial charge in [-0.25, -0.2) is 9.78 Å². The normalized spacial score (nSPS) is 22.9. The van der Waals surface area contributed by atoms with Crippen LogP contribution in [-0.4, -0.2) is 53.7 Å². The van der Waals surface area contributed by atoms with E-state index in [1.165, 1.54) is 0 Å². The van der Waals surface area contributed by atoms with E-state index >= 15 is 0 Å². The smallest absolute Gasteiger partial charge is 0.339 e. The number of pyridine rings is 1. The van der Waals surface area contributed by atoms with Crippen molar-refractivity contribution in [3.63, 3.8) is 0 Å². The molecule has 20 heavy (non-hydrogen) atoms. The summed E-state index contributed by atoms with van der Waals surface area (Å²) in [5.41, 5.74) is 2.58. The van der Waals surface area contributed by atoms with Crippen LogP contribution in [0.2, 0.25) is 0 Å². The van der Waals surface area contributed by atoms with Crippen LogP contribution in [0.15, 0.2) is 6.07 Å². The summed E-state index contributed by atoms with van der Waals surface area (Å²) in [6, 6.07) is 2.14. The maximum absolute atomic E-state index is 11.6. The van der Waals surface area contributed by atoms with Gasteiger partial charge in [-0.1, -0.05) is 0 Å². The number of piperazine rings is 1. The first-order valence-electron chi connectivity index (χ1n) is 7.27. The van der Waals surface area contributed by atoms with E-state index in [4.69, 9.17) is 4.98 Å². The zero-order valence-corrected chi connectivity index (χ0v) is 12.1. The molecule has 3 rings (SSSR count). The maximum Gasteiger partial charge on any atom is 0.339 e. The molecule has 1 aromatic heterocycles. The molecule has 2 aliphatic rings. The van der Waals surface area contributed by atoms with Gasteiger partial charge in [-0.2, -0.15) is 0 Å². The van der Waals surface area contributed by atoms with E-state index in [0.29, 0.717) is 17.4 Å². The van der Waals surface area contributed by atoms with Gasteiger partial charge in [0.05, 0.1) is 0 Å². The molecule has 0 aromatic carbocycles. The molecule has 1 aromatic rings. The molecule has 108 valence electrons. The summed E-state index contributed by atoms with van der Waals surface area (Å²) in [6.45, 7) is 4.86. The lowest BCUT2D eigenvalue weighted by atomic mass is 10.1. The first-order chi connectivity index (χ1) is 9.56. The molecule has 1 unspecified atom stereocenters. The number of nitrogens with zero attached hydrogens (tertiary/aromatic N) is 3. The van der Waals surface area contributed by atoms with Gasteiger partial charge in [0, 0.05) is 31.4 Å². The van der Waals surface area contributed by atoms with Crippen molar-refractivity contribution in [1.82, 2.24) is 9.88 Å². The lowest BCUT2D eigenvalue weighted by Crippen LogP contribution is -2.51. The van der Waals surface area contributed by atoms with Crippen molar-refractivity contribution in [2.75, 3.05) is 31.6 Å². The minimum Gasteiger partial charge on any atom is -0.478 e. The second kappa shape index (κ2) is 5.05. The predicted molar refractivity (Wildman–Crippen MR) is 77.5 cm³/mol. The number of hydrogen-bond donors (Lipinski definition) is 1. The minimum atomic E-state index is -0.867. The van der Waals surface area contributed by atoms with Crippen LogP contribution >= 0.6 is 0 Å². The first-order valence-corrected chi connectivity index (χ1v) is 7.27. The van der Waals surface area contributed by atoms with E-state index in [-0.39, 0.29) is 0 Å².